The lowest BCUT2D eigenvalue weighted by atomic mass is 9.89. The summed E-state index contributed by atoms with van der Waals surface area (Å²) in [4.78, 5) is 0. The molecule has 0 saturated carbocycles. The van der Waals surface area contributed by atoms with Gasteiger partial charge in [0.25, 0.3) is 0 Å². The zero-order valence-corrected chi connectivity index (χ0v) is 11.5. The third-order valence-corrected chi connectivity index (χ3v) is 3.44. The molecule has 0 aliphatic heterocycles. The number of benzene rings is 2. The summed E-state index contributed by atoms with van der Waals surface area (Å²) < 4.78 is 0. The van der Waals surface area contributed by atoms with Gasteiger partial charge in [0.2, 0.25) is 0 Å². The fourth-order valence-corrected chi connectivity index (χ4v) is 2.57. The van der Waals surface area contributed by atoms with E-state index in [1.165, 1.54) is 27.8 Å². The molecular weight excluding hydrogens is 218 g/mol. The van der Waals surface area contributed by atoms with Crippen LogP contribution >= 0.6 is 0 Å². The number of rotatable bonds is 3. The Labute approximate surface area is 110 Å². The Hall–Kier alpha value is -1.76. The van der Waals surface area contributed by atoms with Gasteiger partial charge in [-0.1, -0.05) is 49.7 Å². The van der Waals surface area contributed by atoms with E-state index in [4.69, 9.17) is 5.73 Å². The van der Waals surface area contributed by atoms with Crippen LogP contribution in [0.1, 0.15) is 30.5 Å². The van der Waals surface area contributed by atoms with Crippen LogP contribution in [0, 0.1) is 6.92 Å². The Kier molecular flexibility index (Phi) is 3.71. The highest BCUT2D eigenvalue weighted by molar-refractivity contribution is 5.81. The van der Waals surface area contributed by atoms with Crippen molar-refractivity contribution in [1.29, 1.82) is 0 Å². The van der Waals surface area contributed by atoms with E-state index < -0.39 is 0 Å². The molecule has 0 atom stereocenters. The molecule has 0 bridgehead atoms. The normalized spacial score (nSPS) is 10.6. The lowest BCUT2D eigenvalue weighted by Crippen LogP contribution is -1.99. The Bertz CT molecular complexity index is 530. The second-order valence-electron chi connectivity index (χ2n) is 4.75. The van der Waals surface area contributed by atoms with Crippen molar-refractivity contribution in [2.24, 2.45) is 0 Å². The van der Waals surface area contributed by atoms with Crippen molar-refractivity contribution < 1.29 is 0 Å². The summed E-state index contributed by atoms with van der Waals surface area (Å²) in [5.41, 5.74) is 13.6. The molecule has 2 aromatic rings. The predicted octanol–water partition coefficient (Wildman–Crippen LogP) is 4.37. The highest BCUT2D eigenvalue weighted by Gasteiger charge is 2.11. The number of anilines is 1. The van der Waals surface area contributed by atoms with Crippen LogP contribution in [0.3, 0.4) is 0 Å². The number of nitrogens with two attached hydrogens (primary N) is 1. The van der Waals surface area contributed by atoms with Gasteiger partial charge in [-0.15, -0.1) is 0 Å². The second-order valence-corrected chi connectivity index (χ2v) is 4.75. The molecule has 1 heteroatoms. The topological polar surface area (TPSA) is 26.0 Å². The van der Waals surface area contributed by atoms with Gasteiger partial charge in [0.1, 0.15) is 0 Å². The van der Waals surface area contributed by atoms with Gasteiger partial charge in [-0.25, -0.2) is 0 Å². The van der Waals surface area contributed by atoms with Crippen LogP contribution < -0.4 is 5.73 Å². The number of hydrogen-bond acceptors (Lipinski definition) is 1. The van der Waals surface area contributed by atoms with E-state index in [9.17, 15) is 0 Å². The summed E-state index contributed by atoms with van der Waals surface area (Å²) in [5.74, 6) is 0. The molecule has 0 unspecified atom stereocenters. The first kappa shape index (κ1) is 12.7. The smallest absolute Gasteiger partial charge is 0.0393 e. The van der Waals surface area contributed by atoms with E-state index in [2.05, 4.69) is 45.0 Å². The summed E-state index contributed by atoms with van der Waals surface area (Å²) in [5, 5.41) is 0. The number of nitrogen functional groups attached to an aromatic ring is 1. The van der Waals surface area contributed by atoms with Crippen LogP contribution in [0.5, 0.6) is 0 Å². The van der Waals surface area contributed by atoms with Gasteiger partial charge in [-0.3, -0.25) is 0 Å². The molecule has 0 aliphatic rings. The maximum absolute atomic E-state index is 6.14. The summed E-state index contributed by atoms with van der Waals surface area (Å²) in [6.07, 6.45) is 2.08. The molecule has 2 N–H and O–H groups in total. The number of hydrogen-bond donors (Lipinski definition) is 1. The lowest BCUT2D eigenvalue weighted by Gasteiger charge is -2.16. The molecule has 0 aliphatic carbocycles. The van der Waals surface area contributed by atoms with Crippen molar-refractivity contribution in [2.45, 2.75) is 33.6 Å². The van der Waals surface area contributed by atoms with E-state index in [0.717, 1.165) is 18.5 Å². The van der Waals surface area contributed by atoms with Gasteiger partial charge in [-0.05, 0) is 42.5 Å². The van der Waals surface area contributed by atoms with Gasteiger partial charge in [-0.2, -0.15) is 0 Å². The largest absolute Gasteiger partial charge is 0.398 e. The van der Waals surface area contributed by atoms with Crippen LogP contribution in [0.4, 0.5) is 5.69 Å². The van der Waals surface area contributed by atoms with Crippen molar-refractivity contribution in [3.63, 3.8) is 0 Å². The predicted molar refractivity (Wildman–Crippen MR) is 79.8 cm³/mol. The van der Waals surface area contributed by atoms with Gasteiger partial charge in [0.05, 0.1) is 0 Å². The summed E-state index contributed by atoms with van der Waals surface area (Å²) >= 11 is 0. The molecule has 0 heterocycles. The fraction of sp³-hybridized carbons (Fsp3) is 0.294. The minimum absolute atomic E-state index is 0.866. The first-order valence-electron chi connectivity index (χ1n) is 6.64. The Balaban J connectivity index is 2.73. The summed E-state index contributed by atoms with van der Waals surface area (Å²) in [6, 6.07) is 12.7. The maximum Gasteiger partial charge on any atom is 0.0393 e. The molecular formula is C17H21N. The third kappa shape index (κ3) is 2.26. The standard InChI is InChI=1S/C17H21N/c1-4-13-10-12(3)11-14(5-2)17(13)15-8-6-7-9-16(15)18/h6-11H,4-5,18H2,1-3H3. The molecule has 0 amide bonds. The Morgan fingerprint density at radius 1 is 0.944 bits per heavy atom. The van der Waals surface area contributed by atoms with Crippen LogP contribution in [-0.4, -0.2) is 0 Å². The molecule has 0 aromatic heterocycles. The van der Waals surface area contributed by atoms with E-state index >= 15 is 0 Å². The average Bonchev–Trinajstić information content (AvgIpc) is 2.38. The molecule has 0 spiro atoms. The van der Waals surface area contributed by atoms with Crippen molar-refractivity contribution in [3.05, 3.63) is 53.1 Å². The first-order chi connectivity index (χ1) is 8.67. The lowest BCUT2D eigenvalue weighted by molar-refractivity contribution is 1.08. The molecule has 94 valence electrons. The molecule has 2 aromatic carbocycles. The summed E-state index contributed by atoms with van der Waals surface area (Å²) in [6.45, 7) is 6.57. The van der Waals surface area contributed by atoms with Crippen LogP contribution in [0.2, 0.25) is 0 Å². The SMILES string of the molecule is CCc1cc(C)cc(CC)c1-c1ccccc1N. The van der Waals surface area contributed by atoms with Crippen LogP contribution in [0.25, 0.3) is 11.1 Å². The van der Waals surface area contributed by atoms with E-state index in [1.54, 1.807) is 0 Å². The third-order valence-electron chi connectivity index (χ3n) is 3.44. The monoisotopic (exact) mass is 239 g/mol. The molecule has 1 nitrogen and oxygen atoms in total. The molecule has 2 rings (SSSR count). The number of para-hydroxylation sites is 1. The molecule has 0 saturated heterocycles. The maximum atomic E-state index is 6.14. The summed E-state index contributed by atoms with van der Waals surface area (Å²) in [7, 11) is 0. The zero-order chi connectivity index (χ0) is 13.1. The van der Waals surface area contributed by atoms with Crippen molar-refractivity contribution in [2.75, 3.05) is 5.73 Å². The van der Waals surface area contributed by atoms with Crippen molar-refractivity contribution >= 4 is 5.69 Å². The highest BCUT2D eigenvalue weighted by atomic mass is 14.6. The molecule has 0 fully saturated rings. The van der Waals surface area contributed by atoms with Gasteiger partial charge < -0.3 is 5.73 Å². The highest BCUT2D eigenvalue weighted by Crippen LogP contribution is 2.33. The molecule has 0 radical (unpaired) electrons. The average molecular weight is 239 g/mol. The Morgan fingerprint density at radius 2 is 1.50 bits per heavy atom. The van der Waals surface area contributed by atoms with Gasteiger partial charge in [0, 0.05) is 11.3 Å². The first-order valence-corrected chi connectivity index (χ1v) is 6.64. The van der Waals surface area contributed by atoms with E-state index in [-0.39, 0.29) is 0 Å². The van der Waals surface area contributed by atoms with Crippen molar-refractivity contribution in [3.8, 4) is 11.1 Å². The fourth-order valence-electron chi connectivity index (χ4n) is 2.57. The minimum atomic E-state index is 0.866. The van der Waals surface area contributed by atoms with E-state index in [0.29, 0.717) is 0 Å². The molecule has 18 heavy (non-hydrogen) atoms. The van der Waals surface area contributed by atoms with Crippen LogP contribution in [-0.2, 0) is 12.8 Å². The Morgan fingerprint density at radius 3 is 2.00 bits per heavy atom. The van der Waals surface area contributed by atoms with Crippen molar-refractivity contribution in [1.82, 2.24) is 0 Å². The number of aryl methyl sites for hydroxylation is 3. The zero-order valence-electron chi connectivity index (χ0n) is 11.5. The van der Waals surface area contributed by atoms with Crippen LogP contribution in [0.15, 0.2) is 36.4 Å². The van der Waals surface area contributed by atoms with Gasteiger partial charge in [0.15, 0.2) is 0 Å². The minimum Gasteiger partial charge on any atom is -0.398 e. The van der Waals surface area contributed by atoms with Gasteiger partial charge >= 0.3 is 0 Å². The quantitative estimate of drug-likeness (QED) is 0.791. The second kappa shape index (κ2) is 5.26. The van der Waals surface area contributed by atoms with E-state index in [1.807, 2.05) is 12.1 Å².